The van der Waals surface area contributed by atoms with Gasteiger partial charge in [0.2, 0.25) is 0 Å². The Labute approximate surface area is 139 Å². The Morgan fingerprint density at radius 1 is 0.875 bits per heavy atom. The molecule has 3 rings (SSSR count). The molecule has 2 aromatic carbocycles. The Morgan fingerprint density at radius 2 is 1.50 bits per heavy atom. The number of hydrogen-bond acceptors (Lipinski definition) is 4. The normalized spacial score (nSPS) is 10.5. The number of H-pyrrole nitrogens is 1. The van der Waals surface area contributed by atoms with Crippen molar-refractivity contribution < 1.29 is 9.47 Å². The average Bonchev–Trinajstić information content (AvgIpc) is 2.63. The van der Waals surface area contributed by atoms with Crippen LogP contribution in [0.1, 0.15) is 5.69 Å². The first kappa shape index (κ1) is 15.8. The van der Waals surface area contributed by atoms with Gasteiger partial charge in [0.25, 0.3) is 5.56 Å². The second kappa shape index (κ2) is 6.58. The number of nitrogens with zero attached hydrogens (tertiary/aromatic N) is 1. The summed E-state index contributed by atoms with van der Waals surface area (Å²) in [5, 5.41) is 6.69. The second-order valence-electron chi connectivity index (χ2n) is 5.36. The number of aromatic amines is 1. The van der Waals surface area contributed by atoms with E-state index >= 15 is 0 Å². The summed E-state index contributed by atoms with van der Waals surface area (Å²) in [4.78, 5) is 12.6. The Bertz CT molecular complexity index is 895. The van der Waals surface area contributed by atoms with Crippen LogP contribution in [-0.2, 0) is 0 Å². The summed E-state index contributed by atoms with van der Waals surface area (Å²) in [6.07, 6.45) is 0. The molecule has 5 nitrogen and oxygen atoms in total. The quantitative estimate of drug-likeness (QED) is 0.799. The minimum atomic E-state index is -0.255. The fraction of sp³-hybridized carbons (Fsp3) is 0.158. The zero-order valence-electron chi connectivity index (χ0n) is 13.8. The highest BCUT2D eigenvalue weighted by atomic mass is 16.5. The molecule has 3 aromatic rings. The topological polar surface area (TPSA) is 64.2 Å². The zero-order valence-corrected chi connectivity index (χ0v) is 13.8. The van der Waals surface area contributed by atoms with Gasteiger partial charge in [-0.15, -0.1) is 0 Å². The molecule has 0 fully saturated rings. The molecule has 0 unspecified atom stereocenters. The number of benzene rings is 2. The van der Waals surface area contributed by atoms with Gasteiger partial charge >= 0.3 is 0 Å². The maximum absolute atomic E-state index is 12.6. The molecule has 1 heterocycles. The fourth-order valence-electron chi connectivity index (χ4n) is 2.73. The number of aryl methyl sites for hydroxylation is 1. The summed E-state index contributed by atoms with van der Waals surface area (Å²) in [7, 11) is 3.16. The summed E-state index contributed by atoms with van der Waals surface area (Å²) in [5.41, 5.74) is 3.50. The van der Waals surface area contributed by atoms with Crippen LogP contribution in [0.2, 0.25) is 0 Å². The first-order valence-corrected chi connectivity index (χ1v) is 7.52. The molecule has 24 heavy (non-hydrogen) atoms. The molecule has 5 heteroatoms. The number of methoxy groups -OCH3 is 2. The number of rotatable bonds is 4. The van der Waals surface area contributed by atoms with E-state index in [1.807, 2.05) is 49.4 Å². The molecule has 122 valence electrons. The van der Waals surface area contributed by atoms with Gasteiger partial charge in [0.1, 0.15) is 11.5 Å². The Balaban J connectivity index is 2.33. The smallest absolute Gasteiger partial charge is 0.272 e. The first-order chi connectivity index (χ1) is 11.6. The van der Waals surface area contributed by atoms with Crippen LogP contribution in [0.3, 0.4) is 0 Å². The van der Waals surface area contributed by atoms with Crippen molar-refractivity contribution in [3.63, 3.8) is 0 Å². The first-order valence-electron chi connectivity index (χ1n) is 7.52. The van der Waals surface area contributed by atoms with E-state index in [0.717, 1.165) is 22.4 Å². The van der Waals surface area contributed by atoms with Crippen LogP contribution < -0.4 is 15.0 Å². The van der Waals surface area contributed by atoms with Gasteiger partial charge in [-0.1, -0.05) is 30.3 Å². The predicted molar refractivity (Wildman–Crippen MR) is 93.6 cm³/mol. The Morgan fingerprint density at radius 3 is 2.08 bits per heavy atom. The van der Waals surface area contributed by atoms with Crippen LogP contribution in [0.15, 0.2) is 53.3 Å². The Kier molecular flexibility index (Phi) is 4.33. The molecule has 0 saturated carbocycles. The lowest BCUT2D eigenvalue weighted by Crippen LogP contribution is -2.14. The van der Waals surface area contributed by atoms with Gasteiger partial charge in [0.15, 0.2) is 0 Å². The van der Waals surface area contributed by atoms with Crippen LogP contribution in [0.4, 0.5) is 0 Å². The second-order valence-corrected chi connectivity index (χ2v) is 5.36. The van der Waals surface area contributed by atoms with Crippen molar-refractivity contribution in [2.24, 2.45) is 0 Å². The summed E-state index contributed by atoms with van der Waals surface area (Å²) in [6, 6.07) is 15.1. The lowest BCUT2D eigenvalue weighted by Gasteiger charge is -2.13. The minimum absolute atomic E-state index is 0.255. The molecule has 0 bridgehead atoms. The van der Waals surface area contributed by atoms with Crippen molar-refractivity contribution in [1.82, 2.24) is 10.2 Å². The number of ether oxygens (including phenoxy) is 2. The minimum Gasteiger partial charge on any atom is -0.497 e. The van der Waals surface area contributed by atoms with Gasteiger partial charge in [-0.3, -0.25) is 4.79 Å². The van der Waals surface area contributed by atoms with Crippen molar-refractivity contribution in [3.8, 4) is 33.8 Å². The monoisotopic (exact) mass is 322 g/mol. The van der Waals surface area contributed by atoms with Gasteiger partial charge in [-0.2, -0.15) is 5.10 Å². The van der Waals surface area contributed by atoms with Crippen molar-refractivity contribution in [3.05, 3.63) is 64.6 Å². The van der Waals surface area contributed by atoms with Crippen LogP contribution in [0, 0.1) is 6.92 Å². The highest BCUT2D eigenvalue weighted by Gasteiger charge is 2.17. The third-order valence-corrected chi connectivity index (χ3v) is 3.87. The molecule has 0 atom stereocenters. The van der Waals surface area contributed by atoms with Crippen LogP contribution in [0.5, 0.6) is 11.5 Å². The number of nitrogens with one attached hydrogen (secondary N) is 1. The zero-order chi connectivity index (χ0) is 17.1. The Hall–Kier alpha value is -3.08. The molecule has 1 N–H and O–H groups in total. The van der Waals surface area contributed by atoms with Crippen LogP contribution >= 0.6 is 0 Å². The predicted octanol–water partition coefficient (Wildman–Crippen LogP) is 3.43. The van der Waals surface area contributed by atoms with E-state index in [0.29, 0.717) is 17.1 Å². The third kappa shape index (κ3) is 2.88. The van der Waals surface area contributed by atoms with E-state index in [-0.39, 0.29) is 5.56 Å². The van der Waals surface area contributed by atoms with E-state index in [9.17, 15) is 4.79 Å². The molecule has 0 aliphatic rings. The van der Waals surface area contributed by atoms with Crippen molar-refractivity contribution >= 4 is 0 Å². The molecule has 0 saturated heterocycles. The van der Waals surface area contributed by atoms with Crippen molar-refractivity contribution in [2.45, 2.75) is 6.92 Å². The summed E-state index contributed by atoms with van der Waals surface area (Å²) >= 11 is 0. The maximum Gasteiger partial charge on any atom is 0.272 e. The molecule has 0 aliphatic heterocycles. The van der Waals surface area contributed by atoms with E-state index in [4.69, 9.17) is 9.47 Å². The van der Waals surface area contributed by atoms with E-state index in [1.54, 1.807) is 20.3 Å². The molecular formula is C19H18N2O3. The SMILES string of the molecule is COc1cc(OC)cc(-c2c(-c3ccccc3)c(C)n[nH]c2=O)c1. The molecule has 0 aliphatic carbocycles. The van der Waals surface area contributed by atoms with Crippen molar-refractivity contribution in [1.29, 1.82) is 0 Å². The van der Waals surface area contributed by atoms with Gasteiger partial charge < -0.3 is 9.47 Å². The highest BCUT2D eigenvalue weighted by Crippen LogP contribution is 2.34. The summed E-state index contributed by atoms with van der Waals surface area (Å²) in [5.74, 6) is 1.24. The highest BCUT2D eigenvalue weighted by molar-refractivity contribution is 5.85. The molecule has 1 aromatic heterocycles. The largest absolute Gasteiger partial charge is 0.497 e. The summed E-state index contributed by atoms with van der Waals surface area (Å²) in [6.45, 7) is 1.87. The van der Waals surface area contributed by atoms with Gasteiger partial charge in [-0.05, 0) is 30.2 Å². The fourth-order valence-corrected chi connectivity index (χ4v) is 2.73. The molecular weight excluding hydrogens is 304 g/mol. The van der Waals surface area contributed by atoms with Crippen LogP contribution in [0.25, 0.3) is 22.3 Å². The van der Waals surface area contributed by atoms with E-state index < -0.39 is 0 Å². The van der Waals surface area contributed by atoms with Gasteiger partial charge in [0, 0.05) is 11.6 Å². The molecule has 0 amide bonds. The standard InChI is InChI=1S/C19H18N2O3/c1-12-17(13-7-5-4-6-8-13)18(19(22)21-20-12)14-9-15(23-2)11-16(10-14)24-3/h4-11H,1-3H3,(H,21,22). The van der Waals surface area contributed by atoms with E-state index in [1.165, 1.54) is 0 Å². The van der Waals surface area contributed by atoms with Gasteiger partial charge in [0.05, 0.1) is 25.5 Å². The number of aromatic nitrogens is 2. The summed E-state index contributed by atoms with van der Waals surface area (Å²) < 4.78 is 10.7. The third-order valence-electron chi connectivity index (χ3n) is 3.87. The van der Waals surface area contributed by atoms with E-state index in [2.05, 4.69) is 10.2 Å². The lowest BCUT2D eigenvalue weighted by molar-refractivity contribution is 0.394. The van der Waals surface area contributed by atoms with Gasteiger partial charge in [-0.25, -0.2) is 5.10 Å². The number of hydrogen-bond donors (Lipinski definition) is 1. The maximum atomic E-state index is 12.6. The van der Waals surface area contributed by atoms with Crippen molar-refractivity contribution in [2.75, 3.05) is 14.2 Å². The van der Waals surface area contributed by atoms with Crippen LogP contribution in [-0.4, -0.2) is 24.4 Å². The lowest BCUT2D eigenvalue weighted by atomic mass is 9.94. The average molecular weight is 322 g/mol. The molecule has 0 spiro atoms. The molecule has 0 radical (unpaired) electrons.